The summed E-state index contributed by atoms with van der Waals surface area (Å²) in [6, 6.07) is 16.8. The zero-order valence-corrected chi connectivity index (χ0v) is 15.6. The van der Waals surface area contributed by atoms with Gasteiger partial charge in [0.25, 0.3) is 0 Å². The summed E-state index contributed by atoms with van der Waals surface area (Å²) in [5.74, 6) is 0.0167. The van der Waals surface area contributed by atoms with Gasteiger partial charge in [-0.25, -0.2) is 4.79 Å². The molecule has 0 bridgehead atoms. The largest absolute Gasteiger partial charge is 0.453 e. The third kappa shape index (κ3) is 4.28. The van der Waals surface area contributed by atoms with Gasteiger partial charge in [0, 0.05) is 22.5 Å². The summed E-state index contributed by atoms with van der Waals surface area (Å²) in [5.41, 5.74) is 1.59. The van der Waals surface area contributed by atoms with E-state index in [4.69, 9.17) is 4.74 Å². The predicted molar refractivity (Wildman–Crippen MR) is 99.5 cm³/mol. The standard InChI is InChI=1S/C20H20BrNO3/c1-25-20(24)22(17-11-12-17)18(14-7-9-16(21)10-8-14)13-19(23)15-5-3-2-4-6-15/h2-10,17-18H,11-13H2,1H3. The van der Waals surface area contributed by atoms with Crippen molar-refractivity contribution < 1.29 is 14.3 Å². The second kappa shape index (κ2) is 7.83. The number of hydrogen-bond acceptors (Lipinski definition) is 3. The molecule has 1 unspecified atom stereocenters. The molecule has 0 aromatic heterocycles. The Balaban J connectivity index is 1.92. The summed E-state index contributed by atoms with van der Waals surface area (Å²) in [6.07, 6.45) is 1.75. The van der Waals surface area contributed by atoms with E-state index in [1.165, 1.54) is 7.11 Å². The molecule has 2 aromatic rings. The van der Waals surface area contributed by atoms with Crippen molar-refractivity contribution in [1.29, 1.82) is 0 Å². The number of benzene rings is 2. The summed E-state index contributed by atoms with van der Waals surface area (Å²) in [5, 5.41) is 0. The van der Waals surface area contributed by atoms with Gasteiger partial charge in [0.1, 0.15) is 0 Å². The fourth-order valence-electron chi connectivity index (χ4n) is 2.97. The zero-order valence-electron chi connectivity index (χ0n) is 14.0. The lowest BCUT2D eigenvalue weighted by Crippen LogP contribution is -2.37. The van der Waals surface area contributed by atoms with E-state index in [2.05, 4.69) is 15.9 Å². The Kier molecular flexibility index (Phi) is 5.53. The van der Waals surface area contributed by atoms with Crippen molar-refractivity contribution in [2.24, 2.45) is 0 Å². The van der Waals surface area contributed by atoms with Crippen LogP contribution < -0.4 is 0 Å². The van der Waals surface area contributed by atoms with E-state index < -0.39 is 0 Å². The van der Waals surface area contributed by atoms with Crippen LogP contribution in [0.4, 0.5) is 4.79 Å². The second-order valence-electron chi connectivity index (χ2n) is 6.17. The monoisotopic (exact) mass is 401 g/mol. The molecule has 1 fully saturated rings. The topological polar surface area (TPSA) is 46.6 Å². The van der Waals surface area contributed by atoms with Gasteiger partial charge in [-0.05, 0) is 30.5 Å². The van der Waals surface area contributed by atoms with Crippen LogP contribution in [0.15, 0.2) is 59.1 Å². The van der Waals surface area contributed by atoms with Crippen molar-refractivity contribution in [2.75, 3.05) is 7.11 Å². The Hall–Kier alpha value is -2.14. The maximum absolute atomic E-state index is 12.8. The molecule has 5 heteroatoms. The molecular weight excluding hydrogens is 382 g/mol. The lowest BCUT2D eigenvalue weighted by atomic mass is 9.96. The second-order valence-corrected chi connectivity index (χ2v) is 7.08. The fraction of sp³-hybridized carbons (Fsp3) is 0.300. The summed E-state index contributed by atoms with van der Waals surface area (Å²) in [6.45, 7) is 0. The number of rotatable bonds is 6. The average Bonchev–Trinajstić information content (AvgIpc) is 3.47. The van der Waals surface area contributed by atoms with E-state index in [0.29, 0.717) is 5.56 Å². The highest BCUT2D eigenvalue weighted by molar-refractivity contribution is 9.10. The maximum atomic E-state index is 12.8. The first-order valence-electron chi connectivity index (χ1n) is 8.30. The van der Waals surface area contributed by atoms with Crippen molar-refractivity contribution in [2.45, 2.75) is 31.3 Å². The Morgan fingerprint density at radius 3 is 2.32 bits per heavy atom. The maximum Gasteiger partial charge on any atom is 0.410 e. The van der Waals surface area contributed by atoms with Crippen molar-refractivity contribution in [3.05, 3.63) is 70.2 Å². The fourth-order valence-corrected chi connectivity index (χ4v) is 3.23. The molecular formula is C20H20BrNO3. The highest BCUT2D eigenvalue weighted by Gasteiger charge is 2.39. The van der Waals surface area contributed by atoms with Crippen LogP contribution in [0.25, 0.3) is 0 Å². The number of methoxy groups -OCH3 is 1. The van der Waals surface area contributed by atoms with Gasteiger partial charge in [-0.15, -0.1) is 0 Å². The number of ether oxygens (including phenoxy) is 1. The first-order chi connectivity index (χ1) is 12.1. The van der Waals surface area contributed by atoms with Crippen LogP contribution in [0.1, 0.15) is 41.2 Å². The van der Waals surface area contributed by atoms with Crippen LogP contribution in [-0.4, -0.2) is 29.9 Å². The molecule has 1 amide bonds. The number of carbonyl (C=O) groups is 2. The van der Waals surface area contributed by atoms with Crippen LogP contribution in [0.2, 0.25) is 0 Å². The molecule has 25 heavy (non-hydrogen) atoms. The minimum Gasteiger partial charge on any atom is -0.453 e. The lowest BCUT2D eigenvalue weighted by Gasteiger charge is -2.31. The number of hydrogen-bond donors (Lipinski definition) is 0. The quantitative estimate of drug-likeness (QED) is 0.640. The smallest absolute Gasteiger partial charge is 0.410 e. The Morgan fingerprint density at radius 1 is 1.12 bits per heavy atom. The normalized spacial score (nSPS) is 14.6. The van der Waals surface area contributed by atoms with Gasteiger partial charge in [0.15, 0.2) is 5.78 Å². The number of nitrogens with zero attached hydrogens (tertiary/aromatic N) is 1. The third-order valence-electron chi connectivity index (χ3n) is 4.39. The Labute approximate surface area is 155 Å². The van der Waals surface area contributed by atoms with Gasteiger partial charge in [-0.2, -0.15) is 0 Å². The molecule has 1 aliphatic carbocycles. The zero-order chi connectivity index (χ0) is 17.8. The average molecular weight is 402 g/mol. The molecule has 0 spiro atoms. The van der Waals surface area contributed by atoms with Gasteiger partial charge in [0.05, 0.1) is 13.2 Å². The van der Waals surface area contributed by atoms with E-state index in [9.17, 15) is 9.59 Å². The van der Waals surface area contributed by atoms with E-state index in [0.717, 1.165) is 22.9 Å². The summed E-state index contributed by atoms with van der Waals surface area (Å²) in [7, 11) is 1.38. The Morgan fingerprint density at radius 2 is 1.76 bits per heavy atom. The van der Waals surface area contributed by atoms with Crippen LogP contribution in [0.5, 0.6) is 0 Å². The summed E-state index contributed by atoms with van der Waals surface area (Å²) >= 11 is 3.43. The molecule has 0 heterocycles. The van der Waals surface area contributed by atoms with Gasteiger partial charge in [-0.3, -0.25) is 9.69 Å². The van der Waals surface area contributed by atoms with E-state index >= 15 is 0 Å². The number of ketones is 1. The van der Waals surface area contributed by atoms with Gasteiger partial charge >= 0.3 is 6.09 Å². The molecule has 1 atom stereocenters. The van der Waals surface area contributed by atoms with Gasteiger partial charge in [-0.1, -0.05) is 58.4 Å². The highest BCUT2D eigenvalue weighted by Crippen LogP contribution is 2.37. The van der Waals surface area contributed by atoms with Crippen LogP contribution in [0.3, 0.4) is 0 Å². The molecule has 0 N–H and O–H groups in total. The minimum atomic E-state index is -0.378. The van der Waals surface area contributed by atoms with Crippen molar-refractivity contribution >= 4 is 27.8 Å². The van der Waals surface area contributed by atoms with E-state index in [1.54, 1.807) is 17.0 Å². The van der Waals surface area contributed by atoms with Crippen LogP contribution in [0, 0.1) is 0 Å². The van der Waals surface area contributed by atoms with E-state index in [-0.39, 0.29) is 30.4 Å². The third-order valence-corrected chi connectivity index (χ3v) is 4.92. The number of Topliss-reactive ketones (excluding diaryl/α,β-unsaturated/α-hetero) is 1. The van der Waals surface area contributed by atoms with Gasteiger partial charge in [0.2, 0.25) is 0 Å². The molecule has 4 nitrogen and oxygen atoms in total. The minimum absolute atomic E-state index is 0.0167. The summed E-state index contributed by atoms with van der Waals surface area (Å²) < 4.78 is 5.95. The van der Waals surface area contributed by atoms with Crippen molar-refractivity contribution in [3.8, 4) is 0 Å². The lowest BCUT2D eigenvalue weighted by molar-refractivity contribution is 0.0837. The molecule has 130 valence electrons. The van der Waals surface area contributed by atoms with Gasteiger partial charge < -0.3 is 4.74 Å². The number of carbonyl (C=O) groups excluding carboxylic acids is 2. The number of amides is 1. The molecule has 3 rings (SSSR count). The first kappa shape index (κ1) is 17.7. The van der Waals surface area contributed by atoms with Crippen LogP contribution >= 0.6 is 15.9 Å². The van der Waals surface area contributed by atoms with Crippen molar-refractivity contribution in [1.82, 2.24) is 4.90 Å². The first-order valence-corrected chi connectivity index (χ1v) is 9.09. The van der Waals surface area contributed by atoms with Crippen molar-refractivity contribution in [3.63, 3.8) is 0 Å². The Bertz CT molecular complexity index is 741. The molecule has 1 aliphatic rings. The molecule has 0 aliphatic heterocycles. The van der Waals surface area contributed by atoms with Crippen LogP contribution in [-0.2, 0) is 4.74 Å². The highest BCUT2D eigenvalue weighted by atomic mass is 79.9. The molecule has 0 saturated heterocycles. The molecule has 2 aromatic carbocycles. The summed E-state index contributed by atoms with van der Waals surface area (Å²) in [4.78, 5) is 26.9. The molecule has 1 saturated carbocycles. The SMILES string of the molecule is COC(=O)N(C1CC1)C(CC(=O)c1ccccc1)c1ccc(Br)cc1. The van der Waals surface area contributed by atoms with E-state index in [1.807, 2.05) is 42.5 Å². The predicted octanol–water partition coefficient (Wildman–Crippen LogP) is 4.99. The molecule has 0 radical (unpaired) electrons. The number of halogens is 1.